The molecule has 2 heterocycles. The predicted octanol–water partition coefficient (Wildman–Crippen LogP) is 3.43. The van der Waals surface area contributed by atoms with Crippen molar-refractivity contribution in [3.8, 4) is 0 Å². The van der Waals surface area contributed by atoms with E-state index < -0.39 is 0 Å². The SMILES string of the molecule is Cc1csc2c(NCCC(C)Cl)ncnc12. The van der Waals surface area contributed by atoms with E-state index in [-0.39, 0.29) is 5.38 Å². The Morgan fingerprint density at radius 3 is 3.06 bits per heavy atom. The van der Waals surface area contributed by atoms with Crippen LogP contribution in [0.15, 0.2) is 11.7 Å². The molecule has 0 aliphatic rings. The van der Waals surface area contributed by atoms with E-state index in [0.29, 0.717) is 0 Å². The average Bonchev–Trinajstić information content (AvgIpc) is 2.61. The van der Waals surface area contributed by atoms with Crippen LogP contribution in [0.25, 0.3) is 10.2 Å². The van der Waals surface area contributed by atoms with Gasteiger partial charge in [0, 0.05) is 11.9 Å². The van der Waals surface area contributed by atoms with Crippen molar-refractivity contribution in [3.05, 3.63) is 17.3 Å². The summed E-state index contributed by atoms with van der Waals surface area (Å²) in [6.07, 6.45) is 2.53. The summed E-state index contributed by atoms with van der Waals surface area (Å²) in [4.78, 5) is 8.54. The van der Waals surface area contributed by atoms with Crippen LogP contribution in [0.2, 0.25) is 0 Å². The molecule has 16 heavy (non-hydrogen) atoms. The number of hydrogen-bond donors (Lipinski definition) is 1. The number of halogens is 1. The molecule has 0 bridgehead atoms. The van der Waals surface area contributed by atoms with Crippen molar-refractivity contribution in [1.82, 2.24) is 9.97 Å². The first kappa shape index (κ1) is 11.6. The fourth-order valence-corrected chi connectivity index (χ4v) is 2.56. The number of aryl methyl sites for hydroxylation is 1. The van der Waals surface area contributed by atoms with E-state index in [4.69, 9.17) is 11.6 Å². The molecule has 0 fully saturated rings. The molecule has 1 N–H and O–H groups in total. The Morgan fingerprint density at radius 2 is 2.31 bits per heavy atom. The van der Waals surface area contributed by atoms with E-state index in [1.54, 1.807) is 17.7 Å². The average molecular weight is 256 g/mol. The molecule has 0 amide bonds. The monoisotopic (exact) mass is 255 g/mol. The number of hydrogen-bond acceptors (Lipinski definition) is 4. The molecule has 0 aliphatic heterocycles. The Bertz CT molecular complexity index is 481. The first-order chi connectivity index (χ1) is 7.68. The van der Waals surface area contributed by atoms with E-state index in [1.807, 2.05) is 6.92 Å². The Morgan fingerprint density at radius 1 is 1.50 bits per heavy atom. The first-order valence-electron chi connectivity index (χ1n) is 5.25. The van der Waals surface area contributed by atoms with Crippen molar-refractivity contribution in [3.63, 3.8) is 0 Å². The third kappa shape index (κ3) is 2.44. The number of fused-ring (bicyclic) bond motifs is 1. The third-order valence-corrected chi connectivity index (χ3v) is 3.68. The van der Waals surface area contributed by atoms with Gasteiger partial charge >= 0.3 is 0 Å². The maximum Gasteiger partial charge on any atom is 0.147 e. The maximum absolute atomic E-state index is 5.90. The number of thiophene rings is 1. The van der Waals surface area contributed by atoms with Gasteiger partial charge < -0.3 is 5.32 Å². The Balaban J connectivity index is 2.17. The zero-order valence-corrected chi connectivity index (χ0v) is 10.9. The zero-order valence-electron chi connectivity index (χ0n) is 9.33. The lowest BCUT2D eigenvalue weighted by Gasteiger charge is -2.06. The van der Waals surface area contributed by atoms with Gasteiger partial charge in [0.25, 0.3) is 0 Å². The molecule has 5 heteroatoms. The van der Waals surface area contributed by atoms with Crippen molar-refractivity contribution in [2.45, 2.75) is 25.6 Å². The van der Waals surface area contributed by atoms with Crippen molar-refractivity contribution in [2.24, 2.45) is 0 Å². The molecule has 3 nitrogen and oxygen atoms in total. The van der Waals surface area contributed by atoms with Gasteiger partial charge in [-0.2, -0.15) is 0 Å². The lowest BCUT2D eigenvalue weighted by atomic mass is 10.3. The molecule has 1 unspecified atom stereocenters. The highest BCUT2D eigenvalue weighted by atomic mass is 35.5. The molecule has 0 spiro atoms. The van der Waals surface area contributed by atoms with E-state index in [2.05, 4.69) is 27.6 Å². The van der Waals surface area contributed by atoms with Crippen LogP contribution in [-0.4, -0.2) is 21.9 Å². The number of nitrogens with one attached hydrogen (secondary N) is 1. The topological polar surface area (TPSA) is 37.8 Å². The molecule has 0 aliphatic carbocycles. The van der Waals surface area contributed by atoms with Gasteiger partial charge in [-0.25, -0.2) is 9.97 Å². The second-order valence-electron chi connectivity index (χ2n) is 3.81. The van der Waals surface area contributed by atoms with E-state index in [9.17, 15) is 0 Å². The summed E-state index contributed by atoms with van der Waals surface area (Å²) in [5, 5.41) is 5.60. The molecule has 1 atom stereocenters. The number of aromatic nitrogens is 2. The van der Waals surface area contributed by atoms with Gasteiger partial charge in [-0.15, -0.1) is 22.9 Å². The molecular weight excluding hydrogens is 242 g/mol. The standard InChI is InChI=1S/C11H14ClN3S/c1-7-5-16-10-9(7)14-6-15-11(10)13-4-3-8(2)12/h5-6,8H,3-4H2,1-2H3,(H,13,14,15). The Hall–Kier alpha value is -0.870. The molecule has 2 aromatic heterocycles. The normalized spacial score (nSPS) is 12.9. The van der Waals surface area contributed by atoms with Crippen molar-refractivity contribution >= 4 is 39.0 Å². The smallest absolute Gasteiger partial charge is 0.147 e. The summed E-state index contributed by atoms with van der Waals surface area (Å²) < 4.78 is 1.13. The highest BCUT2D eigenvalue weighted by Gasteiger charge is 2.07. The summed E-state index contributed by atoms with van der Waals surface area (Å²) in [7, 11) is 0. The quantitative estimate of drug-likeness (QED) is 0.851. The molecule has 0 aromatic carbocycles. The first-order valence-corrected chi connectivity index (χ1v) is 6.57. The summed E-state index contributed by atoms with van der Waals surface area (Å²) in [5.74, 6) is 0.917. The highest BCUT2D eigenvalue weighted by Crippen LogP contribution is 2.28. The van der Waals surface area contributed by atoms with Gasteiger partial charge in [-0.1, -0.05) is 0 Å². The maximum atomic E-state index is 5.90. The van der Waals surface area contributed by atoms with E-state index in [0.717, 1.165) is 29.0 Å². The predicted molar refractivity (Wildman–Crippen MR) is 70.6 cm³/mol. The van der Waals surface area contributed by atoms with Crippen LogP contribution in [0.1, 0.15) is 18.9 Å². The number of alkyl halides is 1. The van der Waals surface area contributed by atoms with Gasteiger partial charge in [0.2, 0.25) is 0 Å². The fraction of sp³-hybridized carbons (Fsp3) is 0.455. The minimum Gasteiger partial charge on any atom is -0.369 e. The van der Waals surface area contributed by atoms with Gasteiger partial charge in [0.15, 0.2) is 0 Å². The third-order valence-electron chi connectivity index (χ3n) is 2.37. The van der Waals surface area contributed by atoms with Crippen molar-refractivity contribution < 1.29 is 0 Å². The van der Waals surface area contributed by atoms with Crippen molar-refractivity contribution in [2.75, 3.05) is 11.9 Å². The van der Waals surface area contributed by atoms with Gasteiger partial charge in [-0.3, -0.25) is 0 Å². The lowest BCUT2D eigenvalue weighted by molar-refractivity contribution is 0.840. The van der Waals surface area contributed by atoms with Gasteiger partial charge in [0.05, 0.1) is 10.2 Å². The van der Waals surface area contributed by atoms with Crippen LogP contribution < -0.4 is 5.32 Å². The van der Waals surface area contributed by atoms with E-state index in [1.165, 1.54) is 5.56 Å². The largest absolute Gasteiger partial charge is 0.369 e. The molecule has 2 aromatic rings. The number of nitrogens with zero attached hydrogens (tertiary/aromatic N) is 2. The number of rotatable bonds is 4. The molecule has 0 saturated heterocycles. The van der Waals surface area contributed by atoms with Crippen LogP contribution in [0.3, 0.4) is 0 Å². The van der Waals surface area contributed by atoms with Gasteiger partial charge in [0.1, 0.15) is 12.1 Å². The molecular formula is C11H14ClN3S. The molecule has 2 rings (SSSR count). The molecule has 86 valence electrons. The Labute approximate surface area is 104 Å². The van der Waals surface area contributed by atoms with Gasteiger partial charge in [-0.05, 0) is 31.2 Å². The number of anilines is 1. The summed E-state index contributed by atoms with van der Waals surface area (Å²) >= 11 is 7.58. The zero-order chi connectivity index (χ0) is 11.5. The van der Waals surface area contributed by atoms with Crippen LogP contribution >= 0.6 is 22.9 Å². The summed E-state index contributed by atoms with van der Waals surface area (Å²) in [6, 6.07) is 0. The summed E-state index contributed by atoms with van der Waals surface area (Å²) in [5.41, 5.74) is 2.25. The summed E-state index contributed by atoms with van der Waals surface area (Å²) in [6.45, 7) is 4.90. The Kier molecular flexibility index (Phi) is 3.61. The molecule has 0 saturated carbocycles. The van der Waals surface area contributed by atoms with Crippen LogP contribution in [0.5, 0.6) is 0 Å². The van der Waals surface area contributed by atoms with Crippen LogP contribution in [0, 0.1) is 6.92 Å². The minimum absolute atomic E-state index is 0.190. The second-order valence-corrected chi connectivity index (χ2v) is 5.44. The van der Waals surface area contributed by atoms with E-state index >= 15 is 0 Å². The fourth-order valence-electron chi connectivity index (χ4n) is 1.48. The minimum atomic E-state index is 0.190. The highest BCUT2D eigenvalue weighted by molar-refractivity contribution is 7.18. The van der Waals surface area contributed by atoms with Crippen LogP contribution in [0.4, 0.5) is 5.82 Å². The second kappa shape index (κ2) is 4.97. The van der Waals surface area contributed by atoms with Crippen molar-refractivity contribution in [1.29, 1.82) is 0 Å². The molecule has 0 radical (unpaired) electrons. The lowest BCUT2D eigenvalue weighted by Crippen LogP contribution is -2.07. The van der Waals surface area contributed by atoms with Crippen LogP contribution in [-0.2, 0) is 0 Å².